The van der Waals surface area contributed by atoms with Gasteiger partial charge in [0.1, 0.15) is 0 Å². The predicted molar refractivity (Wildman–Crippen MR) is 117 cm³/mol. The maximum absolute atomic E-state index is 11.5. The molecule has 0 saturated carbocycles. The van der Waals surface area contributed by atoms with Crippen LogP contribution in [0.1, 0.15) is 61.8 Å². The molecule has 9 nitrogen and oxygen atoms in total. The van der Waals surface area contributed by atoms with Crippen molar-refractivity contribution in [2.24, 2.45) is 10.4 Å². The number of hydrogen-bond acceptors (Lipinski definition) is 4. The lowest BCUT2D eigenvalue weighted by Gasteiger charge is -2.29. The van der Waals surface area contributed by atoms with Crippen LogP contribution in [-0.2, 0) is 9.13 Å². The van der Waals surface area contributed by atoms with Gasteiger partial charge >= 0.3 is 21.0 Å². The van der Waals surface area contributed by atoms with Crippen molar-refractivity contribution in [3.63, 3.8) is 0 Å². The summed E-state index contributed by atoms with van der Waals surface area (Å²) < 4.78 is 24.4. The van der Waals surface area contributed by atoms with Gasteiger partial charge in [-0.1, -0.05) is 66.5 Å². The van der Waals surface area contributed by atoms with Crippen LogP contribution in [0.3, 0.4) is 0 Å². The quantitative estimate of drug-likeness (QED) is 0.322. The fourth-order valence-electron chi connectivity index (χ4n) is 2.37. The zero-order valence-corrected chi connectivity index (χ0v) is 20.3. The Bertz CT molecular complexity index is 708. The summed E-state index contributed by atoms with van der Waals surface area (Å²) in [7, 11) is -11.0. The molecule has 29 heavy (non-hydrogen) atoms. The Balaban J connectivity index is 0. The van der Waals surface area contributed by atoms with Crippen molar-refractivity contribution < 1.29 is 38.4 Å². The lowest BCUT2D eigenvalue weighted by Crippen LogP contribution is -2.37. The van der Waals surface area contributed by atoms with Gasteiger partial charge < -0.3 is 24.7 Å². The van der Waals surface area contributed by atoms with Crippen molar-refractivity contribution in [3.05, 3.63) is 24.0 Å². The molecule has 2 aliphatic heterocycles. The van der Waals surface area contributed by atoms with Gasteiger partial charge in [-0.2, -0.15) is 0 Å². The lowest BCUT2D eigenvalue weighted by atomic mass is 9.93. The van der Waals surface area contributed by atoms with E-state index in [1.54, 1.807) is 18.4 Å². The van der Waals surface area contributed by atoms with E-state index in [2.05, 4.69) is 4.99 Å². The standard InChI is InChI=1S/C12H18N2O7P2.3C2H6/c1-11(2)4-3-5-14-9(8-13-10(14)7-11)6-12(15,22(16,17)18)23(19,20)21;3*1-2/h3-5,7-9,15H,6H2,1-2H3,(H3-,16,17,18,19,20,21);3*1-2H3/p+1. The van der Waals surface area contributed by atoms with E-state index in [4.69, 9.17) is 0 Å². The first-order valence-corrected chi connectivity index (χ1v) is 12.9. The highest BCUT2D eigenvalue weighted by Crippen LogP contribution is 2.69. The first-order chi connectivity index (χ1) is 13.3. The molecule has 0 aromatic rings. The highest BCUT2D eigenvalue weighted by atomic mass is 31.2. The monoisotopic (exact) mass is 455 g/mol. The fourth-order valence-corrected chi connectivity index (χ4v) is 4.58. The maximum Gasteiger partial charge on any atom is 0.369 e. The minimum Gasteiger partial charge on any atom is -0.367 e. The van der Waals surface area contributed by atoms with Gasteiger partial charge in [0.2, 0.25) is 0 Å². The van der Waals surface area contributed by atoms with Crippen LogP contribution in [0.25, 0.3) is 0 Å². The van der Waals surface area contributed by atoms with Gasteiger partial charge in [-0.25, -0.2) is 4.58 Å². The predicted octanol–water partition coefficient (Wildman–Crippen LogP) is 3.43. The summed E-state index contributed by atoms with van der Waals surface area (Å²) >= 11 is 0. The third kappa shape index (κ3) is 7.68. The van der Waals surface area contributed by atoms with Crippen molar-refractivity contribution in [1.82, 2.24) is 0 Å². The average Bonchev–Trinajstić information content (AvgIpc) is 2.90. The molecule has 1 atom stereocenters. The van der Waals surface area contributed by atoms with Crippen LogP contribution in [-0.4, -0.2) is 52.8 Å². The van der Waals surface area contributed by atoms with Crippen LogP contribution in [0, 0.1) is 5.41 Å². The molecule has 0 aromatic carbocycles. The largest absolute Gasteiger partial charge is 0.369 e. The smallest absolute Gasteiger partial charge is 0.367 e. The summed E-state index contributed by atoms with van der Waals surface area (Å²) in [5, 5.41) is 6.58. The second-order valence-corrected chi connectivity index (χ2v) is 10.2. The van der Waals surface area contributed by atoms with Crippen molar-refractivity contribution in [1.29, 1.82) is 0 Å². The number of fused-ring (bicyclic) bond motifs is 1. The molecule has 0 aliphatic carbocycles. The van der Waals surface area contributed by atoms with Gasteiger partial charge in [-0.05, 0) is 6.08 Å². The van der Waals surface area contributed by atoms with Crippen molar-refractivity contribution in [3.8, 4) is 0 Å². The highest BCUT2D eigenvalue weighted by Gasteiger charge is 2.61. The topological polar surface area (TPSA) is 151 Å². The number of nitrogens with zero attached hydrogens (tertiary/aromatic N) is 2. The van der Waals surface area contributed by atoms with Crippen LogP contribution in [0.4, 0.5) is 0 Å². The zero-order chi connectivity index (χ0) is 23.7. The molecule has 0 amide bonds. The summed E-state index contributed by atoms with van der Waals surface area (Å²) in [6, 6.07) is -0.898. The maximum atomic E-state index is 11.5. The van der Waals surface area contributed by atoms with Gasteiger partial charge in [-0.15, -0.1) is 0 Å². The van der Waals surface area contributed by atoms with E-state index in [1.165, 1.54) is 10.8 Å². The molecular weight excluding hydrogens is 418 g/mol. The number of rotatable bonds is 4. The Labute approximate surface area is 173 Å². The number of hydrogen-bond donors (Lipinski definition) is 5. The Morgan fingerprint density at radius 3 is 1.90 bits per heavy atom. The number of allylic oxidation sites excluding steroid dienone is 3. The van der Waals surface area contributed by atoms with E-state index >= 15 is 0 Å². The summed E-state index contributed by atoms with van der Waals surface area (Å²) in [5.74, 6) is 0.476. The number of aliphatic hydroxyl groups is 1. The third-order valence-electron chi connectivity index (χ3n) is 3.69. The molecule has 1 unspecified atom stereocenters. The van der Waals surface area contributed by atoms with E-state index in [0.29, 0.717) is 5.82 Å². The molecule has 2 heterocycles. The number of aliphatic imine (C=N–C) groups is 1. The van der Waals surface area contributed by atoms with Gasteiger partial charge in [0.25, 0.3) is 5.08 Å². The molecular formula is C18H37N2O7P2+. The zero-order valence-electron chi connectivity index (χ0n) is 18.5. The Hall–Kier alpha value is -0.920. The normalized spacial score (nSPS) is 19.7. The molecule has 0 aromatic heterocycles. The van der Waals surface area contributed by atoms with E-state index in [9.17, 15) is 33.8 Å². The van der Waals surface area contributed by atoms with Crippen LogP contribution < -0.4 is 0 Å². The van der Waals surface area contributed by atoms with Crippen molar-refractivity contribution in [2.45, 2.75) is 72.9 Å². The Morgan fingerprint density at radius 2 is 1.48 bits per heavy atom. The molecule has 0 spiro atoms. The minimum atomic E-state index is -5.49. The summed E-state index contributed by atoms with van der Waals surface area (Å²) in [6.45, 7) is 15.9. The molecule has 2 aliphatic rings. The van der Waals surface area contributed by atoms with E-state index < -0.39 is 32.7 Å². The Kier molecular flexibility index (Phi) is 12.6. The third-order valence-corrected chi connectivity index (χ3v) is 7.48. The van der Waals surface area contributed by atoms with Gasteiger partial charge in [-0.3, -0.25) is 9.13 Å². The molecule has 11 heteroatoms. The summed E-state index contributed by atoms with van der Waals surface area (Å²) in [4.78, 5) is 41.1. The van der Waals surface area contributed by atoms with Crippen LogP contribution in [0.15, 0.2) is 29.0 Å². The first kappa shape index (κ1) is 30.3. The molecule has 0 fully saturated rings. The summed E-state index contributed by atoms with van der Waals surface area (Å²) in [5.41, 5.74) is -0.310. The average molecular weight is 455 g/mol. The van der Waals surface area contributed by atoms with E-state index in [-0.39, 0.29) is 5.41 Å². The molecule has 0 bridgehead atoms. The SMILES string of the molecule is CC.CC.CC.CC1(C)C=CC=[N+]2C(=C1)N=CC2CC(O)(P(=O)(O)O)P(=O)(O)O. The van der Waals surface area contributed by atoms with Crippen LogP contribution in [0.5, 0.6) is 0 Å². The van der Waals surface area contributed by atoms with Crippen LogP contribution in [0.2, 0.25) is 0 Å². The highest BCUT2D eigenvalue weighted by molar-refractivity contribution is 7.72. The van der Waals surface area contributed by atoms with Gasteiger partial charge in [0.05, 0.1) is 6.21 Å². The van der Waals surface area contributed by atoms with Crippen molar-refractivity contribution in [2.75, 3.05) is 0 Å². The second kappa shape index (κ2) is 12.1. The molecule has 0 radical (unpaired) electrons. The van der Waals surface area contributed by atoms with Gasteiger partial charge in [0, 0.05) is 17.9 Å². The molecule has 5 N–H and O–H groups in total. The van der Waals surface area contributed by atoms with E-state index in [0.717, 1.165) is 0 Å². The fraction of sp³-hybridized carbons (Fsp3) is 0.667. The first-order valence-electron chi connectivity index (χ1n) is 9.69. The minimum absolute atomic E-state index is 0.310. The molecule has 170 valence electrons. The summed E-state index contributed by atoms with van der Waals surface area (Å²) in [6.07, 6.45) is 7.40. The van der Waals surface area contributed by atoms with Crippen LogP contribution >= 0.6 is 15.2 Å². The van der Waals surface area contributed by atoms with Gasteiger partial charge in [0.15, 0.2) is 12.3 Å². The lowest BCUT2D eigenvalue weighted by molar-refractivity contribution is -0.489. The van der Waals surface area contributed by atoms with Crippen molar-refractivity contribution >= 4 is 27.6 Å². The second-order valence-electron chi connectivity index (χ2n) is 6.15. The van der Waals surface area contributed by atoms with E-state index in [1.807, 2.05) is 61.5 Å². The Morgan fingerprint density at radius 1 is 1.03 bits per heavy atom. The molecule has 2 rings (SSSR count). The molecule has 0 saturated heterocycles.